The van der Waals surface area contributed by atoms with Gasteiger partial charge in [0.25, 0.3) is 0 Å². The molecule has 1 aromatic carbocycles. The largest absolute Gasteiger partial charge is 0.391 e. The third-order valence-corrected chi connectivity index (χ3v) is 3.11. The summed E-state index contributed by atoms with van der Waals surface area (Å²) in [7, 11) is 0. The van der Waals surface area contributed by atoms with Crippen molar-refractivity contribution in [2.45, 2.75) is 39.3 Å². The first kappa shape index (κ1) is 16.4. The molecule has 3 N–H and O–H groups in total. The van der Waals surface area contributed by atoms with E-state index >= 15 is 0 Å². The first-order valence-corrected chi connectivity index (χ1v) is 5.67. The fourth-order valence-corrected chi connectivity index (χ4v) is 1.70. The molecule has 0 bridgehead atoms. The summed E-state index contributed by atoms with van der Waals surface area (Å²) in [6.45, 7) is 5.77. The van der Waals surface area contributed by atoms with Gasteiger partial charge >= 0.3 is 0 Å². The van der Waals surface area contributed by atoms with Gasteiger partial charge in [-0.25, -0.2) is 4.39 Å². The summed E-state index contributed by atoms with van der Waals surface area (Å²) in [5, 5.41) is 9.96. The van der Waals surface area contributed by atoms with Crippen LogP contribution >= 0.6 is 12.4 Å². The van der Waals surface area contributed by atoms with Crippen molar-refractivity contribution >= 4 is 12.4 Å². The second-order valence-electron chi connectivity index (χ2n) is 4.43. The molecule has 0 saturated heterocycles. The molecule has 0 saturated carbocycles. The van der Waals surface area contributed by atoms with E-state index in [0.717, 1.165) is 12.0 Å². The van der Waals surface area contributed by atoms with E-state index in [1.54, 1.807) is 12.1 Å². The Labute approximate surface area is 108 Å². The van der Waals surface area contributed by atoms with Crippen LogP contribution in [0.2, 0.25) is 0 Å². The van der Waals surface area contributed by atoms with Crippen molar-refractivity contribution in [1.82, 2.24) is 0 Å². The summed E-state index contributed by atoms with van der Waals surface area (Å²) >= 11 is 0. The Bertz CT molecular complexity index is 359. The van der Waals surface area contributed by atoms with Gasteiger partial charge in [-0.3, -0.25) is 0 Å². The molecule has 0 spiro atoms. The van der Waals surface area contributed by atoms with Gasteiger partial charge in [0.1, 0.15) is 5.82 Å². The van der Waals surface area contributed by atoms with Gasteiger partial charge in [0.2, 0.25) is 0 Å². The molecule has 0 aliphatic carbocycles. The highest BCUT2D eigenvalue weighted by atomic mass is 35.5. The third kappa shape index (κ3) is 3.95. The molecular weight excluding hydrogens is 241 g/mol. The average molecular weight is 262 g/mol. The van der Waals surface area contributed by atoms with Crippen molar-refractivity contribution in [3.8, 4) is 0 Å². The minimum atomic E-state index is -0.707. The van der Waals surface area contributed by atoms with E-state index in [0.29, 0.717) is 5.56 Å². The maximum atomic E-state index is 13.6. The maximum Gasteiger partial charge on any atom is 0.128 e. The molecule has 0 aromatic heterocycles. The smallest absolute Gasteiger partial charge is 0.128 e. The van der Waals surface area contributed by atoms with Crippen LogP contribution in [0.1, 0.15) is 37.4 Å². The number of halogens is 2. The molecule has 17 heavy (non-hydrogen) atoms. The van der Waals surface area contributed by atoms with Gasteiger partial charge in [0, 0.05) is 5.56 Å². The first-order valence-electron chi connectivity index (χ1n) is 5.67. The third-order valence-electron chi connectivity index (χ3n) is 3.11. The molecule has 0 heterocycles. The lowest BCUT2D eigenvalue weighted by molar-refractivity contribution is 0.0867. The van der Waals surface area contributed by atoms with E-state index in [1.165, 1.54) is 6.07 Å². The van der Waals surface area contributed by atoms with Crippen molar-refractivity contribution in [1.29, 1.82) is 0 Å². The zero-order valence-electron chi connectivity index (χ0n) is 10.5. The molecule has 0 amide bonds. The Morgan fingerprint density at radius 2 is 2.00 bits per heavy atom. The van der Waals surface area contributed by atoms with Gasteiger partial charge in [0.05, 0.1) is 12.1 Å². The topological polar surface area (TPSA) is 46.2 Å². The van der Waals surface area contributed by atoms with E-state index in [2.05, 4.69) is 0 Å². The van der Waals surface area contributed by atoms with Crippen LogP contribution in [0.5, 0.6) is 0 Å². The van der Waals surface area contributed by atoms with Gasteiger partial charge in [0.15, 0.2) is 0 Å². The summed E-state index contributed by atoms with van der Waals surface area (Å²) < 4.78 is 13.6. The van der Waals surface area contributed by atoms with Crippen LogP contribution in [0.15, 0.2) is 18.2 Å². The summed E-state index contributed by atoms with van der Waals surface area (Å²) in [5.41, 5.74) is 7.24. The highest BCUT2D eigenvalue weighted by molar-refractivity contribution is 5.85. The first-order chi connectivity index (χ1) is 7.47. The fourth-order valence-electron chi connectivity index (χ4n) is 1.70. The van der Waals surface area contributed by atoms with Crippen LogP contribution < -0.4 is 5.73 Å². The van der Waals surface area contributed by atoms with Crippen LogP contribution in [0.25, 0.3) is 0 Å². The van der Waals surface area contributed by atoms with Crippen molar-refractivity contribution < 1.29 is 9.50 Å². The molecular formula is C13H21ClFNO. The van der Waals surface area contributed by atoms with Gasteiger partial charge in [-0.2, -0.15) is 0 Å². The molecule has 1 aromatic rings. The second-order valence-corrected chi connectivity index (χ2v) is 4.43. The van der Waals surface area contributed by atoms with Crippen LogP contribution in [-0.4, -0.2) is 11.2 Å². The molecule has 1 rings (SSSR count). The average Bonchev–Trinajstić information content (AvgIpc) is 2.29. The van der Waals surface area contributed by atoms with Crippen LogP contribution in [0.4, 0.5) is 4.39 Å². The van der Waals surface area contributed by atoms with E-state index in [-0.39, 0.29) is 24.1 Å². The number of aliphatic hydroxyl groups is 1. The quantitative estimate of drug-likeness (QED) is 0.875. The Balaban J connectivity index is 0.00000256. The molecule has 2 nitrogen and oxygen atoms in total. The number of hydrogen-bond acceptors (Lipinski definition) is 2. The van der Waals surface area contributed by atoms with Crippen LogP contribution in [-0.2, 0) is 0 Å². The summed E-state index contributed by atoms with van der Waals surface area (Å²) in [4.78, 5) is 0. The zero-order chi connectivity index (χ0) is 12.3. The highest BCUT2D eigenvalue weighted by Gasteiger charge is 2.24. The van der Waals surface area contributed by atoms with Crippen LogP contribution in [0.3, 0.4) is 0 Å². The fraction of sp³-hybridized carbons (Fsp3) is 0.538. The van der Waals surface area contributed by atoms with Gasteiger partial charge in [-0.1, -0.05) is 38.0 Å². The second kappa shape index (κ2) is 6.94. The van der Waals surface area contributed by atoms with Gasteiger partial charge < -0.3 is 10.8 Å². The van der Waals surface area contributed by atoms with E-state index < -0.39 is 12.1 Å². The number of nitrogens with two attached hydrogens (primary N) is 1. The van der Waals surface area contributed by atoms with Gasteiger partial charge in [-0.05, 0) is 18.9 Å². The molecule has 0 fully saturated rings. The number of aliphatic hydroxyl groups excluding tert-OH is 1. The Hall–Kier alpha value is -0.640. The molecule has 0 aliphatic heterocycles. The zero-order valence-corrected chi connectivity index (χ0v) is 11.3. The maximum absolute atomic E-state index is 13.6. The molecule has 0 radical (unpaired) electrons. The van der Waals surface area contributed by atoms with Crippen molar-refractivity contribution in [2.24, 2.45) is 11.7 Å². The monoisotopic (exact) mass is 261 g/mol. The number of aryl methyl sites for hydroxylation is 1. The van der Waals surface area contributed by atoms with E-state index in [4.69, 9.17) is 5.73 Å². The molecule has 1 unspecified atom stereocenters. The van der Waals surface area contributed by atoms with Crippen LogP contribution in [0, 0.1) is 18.7 Å². The predicted octanol–water partition coefficient (Wildman–Crippen LogP) is 2.96. The molecule has 0 aliphatic rings. The van der Waals surface area contributed by atoms with Gasteiger partial charge in [-0.15, -0.1) is 12.4 Å². The molecule has 3 atom stereocenters. The number of hydrogen-bond donors (Lipinski definition) is 2. The number of benzene rings is 1. The van der Waals surface area contributed by atoms with E-state index in [9.17, 15) is 9.50 Å². The lowest BCUT2D eigenvalue weighted by Crippen LogP contribution is -2.32. The SMILES string of the molecule is CCC(C)[C@H](O)[C@H](N)c1cc(C)ccc1F.Cl. The van der Waals surface area contributed by atoms with E-state index in [1.807, 2.05) is 20.8 Å². The standard InChI is InChI=1S/C13H20FNO.ClH/c1-4-9(3)13(16)12(15)10-7-8(2)5-6-11(10)14;/h5-7,9,12-13,16H,4,15H2,1-3H3;1H/t9?,12-,13+;/m1./s1. The minimum Gasteiger partial charge on any atom is -0.391 e. The summed E-state index contributed by atoms with van der Waals surface area (Å²) in [6, 6.07) is 4.13. The summed E-state index contributed by atoms with van der Waals surface area (Å²) in [5.74, 6) is -0.282. The highest BCUT2D eigenvalue weighted by Crippen LogP contribution is 2.24. The van der Waals surface area contributed by atoms with Crippen molar-refractivity contribution in [2.75, 3.05) is 0 Å². The van der Waals surface area contributed by atoms with Crippen molar-refractivity contribution in [3.05, 3.63) is 35.1 Å². The molecule has 98 valence electrons. The minimum absolute atomic E-state index is 0. The Kier molecular flexibility index (Phi) is 6.68. The Morgan fingerprint density at radius 1 is 1.41 bits per heavy atom. The lowest BCUT2D eigenvalue weighted by atomic mass is 9.91. The molecule has 4 heteroatoms. The summed E-state index contributed by atoms with van der Waals surface area (Å²) in [6.07, 6.45) is 0.115. The number of rotatable bonds is 4. The lowest BCUT2D eigenvalue weighted by Gasteiger charge is -2.24. The predicted molar refractivity (Wildman–Crippen MR) is 70.8 cm³/mol. The van der Waals surface area contributed by atoms with Crippen molar-refractivity contribution in [3.63, 3.8) is 0 Å². The Morgan fingerprint density at radius 3 is 2.53 bits per heavy atom. The normalized spacial score (nSPS) is 15.9.